The molecule has 0 aliphatic carbocycles. The van der Waals surface area contributed by atoms with Crippen molar-refractivity contribution in [1.29, 1.82) is 0 Å². The summed E-state index contributed by atoms with van der Waals surface area (Å²) in [6.45, 7) is 0. The Morgan fingerprint density at radius 3 is 2.65 bits per heavy atom. The number of carbonyl (C=O) groups is 1. The van der Waals surface area contributed by atoms with Crippen molar-refractivity contribution in [2.24, 2.45) is 0 Å². The number of ether oxygens (including phenoxy) is 1. The summed E-state index contributed by atoms with van der Waals surface area (Å²) in [5.74, 6) is -0.00901. The fourth-order valence-corrected chi connectivity index (χ4v) is 1.90. The van der Waals surface area contributed by atoms with E-state index in [0.717, 1.165) is 4.47 Å². The number of nitrogen functional groups attached to an aromatic ring is 1. The topological polar surface area (TPSA) is 84.6 Å². The van der Waals surface area contributed by atoms with Crippen LogP contribution in [0, 0.1) is 0 Å². The Bertz CT molecular complexity index is 659. The average molecular weight is 337 g/mol. The standard InChI is InChI=1S/C14H13BrN2O3/c1-20-13-5-3-9(7-12(13)18)17-14(19)8-2-4-10(15)11(16)6-8/h2-7,18H,16H2,1H3,(H,17,19). The number of phenols is 1. The summed E-state index contributed by atoms with van der Waals surface area (Å²) in [5.41, 5.74) is 7.11. The number of nitrogens with two attached hydrogens (primary N) is 1. The molecule has 2 aromatic carbocycles. The first-order chi connectivity index (χ1) is 9.51. The van der Waals surface area contributed by atoms with E-state index in [0.29, 0.717) is 22.7 Å². The van der Waals surface area contributed by atoms with E-state index in [-0.39, 0.29) is 11.7 Å². The van der Waals surface area contributed by atoms with E-state index in [1.54, 1.807) is 30.3 Å². The summed E-state index contributed by atoms with van der Waals surface area (Å²) in [7, 11) is 1.46. The lowest BCUT2D eigenvalue weighted by molar-refractivity contribution is 0.102. The van der Waals surface area contributed by atoms with Gasteiger partial charge in [0.25, 0.3) is 5.91 Å². The highest BCUT2D eigenvalue weighted by atomic mass is 79.9. The summed E-state index contributed by atoms with van der Waals surface area (Å²) in [6, 6.07) is 9.55. The van der Waals surface area contributed by atoms with E-state index in [2.05, 4.69) is 21.2 Å². The van der Waals surface area contributed by atoms with Crippen LogP contribution in [0.25, 0.3) is 0 Å². The second-order valence-electron chi connectivity index (χ2n) is 4.08. The van der Waals surface area contributed by atoms with E-state index in [4.69, 9.17) is 10.5 Å². The molecule has 0 radical (unpaired) electrons. The quantitative estimate of drug-likeness (QED) is 0.752. The largest absolute Gasteiger partial charge is 0.504 e. The number of carbonyl (C=O) groups excluding carboxylic acids is 1. The van der Waals surface area contributed by atoms with Crippen molar-refractivity contribution in [3.05, 3.63) is 46.4 Å². The summed E-state index contributed by atoms with van der Waals surface area (Å²) in [6.07, 6.45) is 0. The Kier molecular flexibility index (Phi) is 4.14. The molecule has 0 spiro atoms. The number of hydrogen-bond acceptors (Lipinski definition) is 4. The molecule has 104 valence electrons. The van der Waals surface area contributed by atoms with Gasteiger partial charge in [0.05, 0.1) is 7.11 Å². The summed E-state index contributed by atoms with van der Waals surface area (Å²) >= 11 is 3.27. The van der Waals surface area contributed by atoms with Crippen LogP contribution in [-0.2, 0) is 0 Å². The lowest BCUT2D eigenvalue weighted by atomic mass is 10.2. The van der Waals surface area contributed by atoms with Crippen LogP contribution in [0.2, 0.25) is 0 Å². The Labute approximate surface area is 124 Å². The molecule has 0 aromatic heterocycles. The van der Waals surface area contributed by atoms with Crippen molar-refractivity contribution < 1.29 is 14.6 Å². The normalized spacial score (nSPS) is 10.1. The monoisotopic (exact) mass is 336 g/mol. The minimum absolute atomic E-state index is 0.0411. The second-order valence-corrected chi connectivity index (χ2v) is 4.93. The first kappa shape index (κ1) is 14.2. The number of anilines is 2. The predicted octanol–water partition coefficient (Wildman–Crippen LogP) is 3.00. The molecule has 5 nitrogen and oxygen atoms in total. The van der Waals surface area contributed by atoms with Gasteiger partial charge in [0.15, 0.2) is 11.5 Å². The first-order valence-corrected chi connectivity index (χ1v) is 6.54. The number of rotatable bonds is 3. The van der Waals surface area contributed by atoms with Crippen LogP contribution >= 0.6 is 15.9 Å². The van der Waals surface area contributed by atoms with Crippen molar-refractivity contribution in [2.75, 3.05) is 18.2 Å². The van der Waals surface area contributed by atoms with E-state index >= 15 is 0 Å². The zero-order valence-electron chi connectivity index (χ0n) is 10.7. The summed E-state index contributed by atoms with van der Waals surface area (Å²) in [5, 5.41) is 12.3. The SMILES string of the molecule is COc1ccc(NC(=O)c2ccc(Br)c(N)c2)cc1O. The van der Waals surface area contributed by atoms with Gasteiger partial charge in [0.2, 0.25) is 0 Å². The van der Waals surface area contributed by atoms with Gasteiger partial charge in [-0.05, 0) is 46.3 Å². The molecule has 2 aromatic rings. The zero-order valence-corrected chi connectivity index (χ0v) is 12.3. The number of halogens is 1. The molecule has 4 N–H and O–H groups in total. The van der Waals surface area contributed by atoms with Crippen LogP contribution in [-0.4, -0.2) is 18.1 Å². The van der Waals surface area contributed by atoms with E-state index in [1.807, 2.05) is 0 Å². The van der Waals surface area contributed by atoms with Gasteiger partial charge in [-0.15, -0.1) is 0 Å². The van der Waals surface area contributed by atoms with E-state index in [1.165, 1.54) is 13.2 Å². The van der Waals surface area contributed by atoms with Gasteiger partial charge in [-0.25, -0.2) is 0 Å². The third-order valence-corrected chi connectivity index (χ3v) is 3.42. The molecule has 0 aliphatic rings. The van der Waals surface area contributed by atoms with Crippen molar-refractivity contribution in [2.45, 2.75) is 0 Å². The summed E-state index contributed by atoms with van der Waals surface area (Å²) < 4.78 is 5.67. The molecule has 0 aliphatic heterocycles. The molecule has 2 rings (SSSR count). The van der Waals surface area contributed by atoms with Crippen molar-refractivity contribution in [3.8, 4) is 11.5 Å². The fourth-order valence-electron chi connectivity index (χ4n) is 1.66. The minimum Gasteiger partial charge on any atom is -0.504 e. The molecule has 0 unspecified atom stereocenters. The third-order valence-electron chi connectivity index (χ3n) is 2.69. The smallest absolute Gasteiger partial charge is 0.255 e. The Morgan fingerprint density at radius 2 is 2.05 bits per heavy atom. The number of hydrogen-bond donors (Lipinski definition) is 3. The molecule has 6 heteroatoms. The molecule has 0 saturated heterocycles. The fraction of sp³-hybridized carbons (Fsp3) is 0.0714. The predicted molar refractivity (Wildman–Crippen MR) is 81.2 cm³/mol. The van der Waals surface area contributed by atoms with Gasteiger partial charge >= 0.3 is 0 Å². The third kappa shape index (κ3) is 3.03. The highest BCUT2D eigenvalue weighted by molar-refractivity contribution is 9.10. The van der Waals surface area contributed by atoms with Crippen molar-refractivity contribution >= 4 is 33.2 Å². The Hall–Kier alpha value is -2.21. The lowest BCUT2D eigenvalue weighted by Gasteiger charge is -2.09. The molecular weight excluding hydrogens is 324 g/mol. The molecule has 0 saturated carbocycles. The van der Waals surface area contributed by atoms with Crippen molar-refractivity contribution in [3.63, 3.8) is 0 Å². The number of amides is 1. The highest BCUT2D eigenvalue weighted by Gasteiger charge is 2.09. The number of benzene rings is 2. The molecule has 1 amide bonds. The van der Waals surface area contributed by atoms with Gasteiger partial charge in [-0.1, -0.05) is 0 Å². The van der Waals surface area contributed by atoms with Crippen molar-refractivity contribution in [1.82, 2.24) is 0 Å². The number of nitrogens with one attached hydrogen (secondary N) is 1. The number of aromatic hydroxyl groups is 1. The van der Waals surface area contributed by atoms with Gasteiger partial charge in [-0.3, -0.25) is 4.79 Å². The van der Waals surface area contributed by atoms with Gasteiger partial charge in [0.1, 0.15) is 0 Å². The maximum atomic E-state index is 12.0. The summed E-state index contributed by atoms with van der Waals surface area (Å²) in [4.78, 5) is 12.0. The first-order valence-electron chi connectivity index (χ1n) is 5.74. The van der Waals surface area contributed by atoms with Crippen LogP contribution in [0.4, 0.5) is 11.4 Å². The molecule has 0 atom stereocenters. The second kappa shape index (κ2) is 5.83. The average Bonchev–Trinajstić information content (AvgIpc) is 2.42. The van der Waals surface area contributed by atoms with Crippen LogP contribution in [0.15, 0.2) is 40.9 Å². The van der Waals surface area contributed by atoms with Crippen LogP contribution in [0.3, 0.4) is 0 Å². The zero-order chi connectivity index (χ0) is 14.7. The number of phenolic OH excluding ortho intramolecular Hbond substituents is 1. The van der Waals surface area contributed by atoms with Crippen LogP contribution in [0.1, 0.15) is 10.4 Å². The molecule has 0 heterocycles. The van der Waals surface area contributed by atoms with Gasteiger partial charge in [-0.2, -0.15) is 0 Å². The number of methoxy groups -OCH3 is 1. The molecule has 0 bridgehead atoms. The molecular formula is C14H13BrN2O3. The maximum Gasteiger partial charge on any atom is 0.255 e. The lowest BCUT2D eigenvalue weighted by Crippen LogP contribution is -2.12. The van der Waals surface area contributed by atoms with E-state index < -0.39 is 0 Å². The minimum atomic E-state index is -0.311. The maximum absolute atomic E-state index is 12.0. The van der Waals surface area contributed by atoms with Gasteiger partial charge < -0.3 is 20.9 Å². The van der Waals surface area contributed by atoms with E-state index in [9.17, 15) is 9.90 Å². The Morgan fingerprint density at radius 1 is 1.30 bits per heavy atom. The Balaban J connectivity index is 2.19. The molecule has 20 heavy (non-hydrogen) atoms. The van der Waals surface area contributed by atoms with Crippen LogP contribution < -0.4 is 15.8 Å². The van der Waals surface area contributed by atoms with Crippen LogP contribution in [0.5, 0.6) is 11.5 Å². The molecule has 0 fully saturated rings. The van der Waals surface area contributed by atoms with Gasteiger partial charge in [0, 0.05) is 27.5 Å². The highest BCUT2D eigenvalue weighted by Crippen LogP contribution is 2.29.